The fourth-order valence-electron chi connectivity index (χ4n) is 10.0. The number of para-hydroxylation sites is 5. The third-order valence-electron chi connectivity index (χ3n) is 12.8. The number of rotatable bonds is 6. The van der Waals surface area contributed by atoms with Crippen LogP contribution >= 0.6 is 0 Å². The van der Waals surface area contributed by atoms with E-state index in [0.29, 0.717) is 11.6 Å². The van der Waals surface area contributed by atoms with Gasteiger partial charge >= 0.3 is 0 Å². The molecule has 1 unspecified atom stereocenters. The summed E-state index contributed by atoms with van der Waals surface area (Å²) in [4.78, 5) is 19.2. The maximum atomic E-state index is 5.12. The normalized spacial score (nSPS) is 14.2. The van der Waals surface area contributed by atoms with Gasteiger partial charge in [-0.15, -0.1) is 0 Å². The zero-order valence-electron chi connectivity index (χ0n) is 34.2. The van der Waals surface area contributed by atoms with E-state index in [2.05, 4.69) is 184 Å². The largest absolute Gasteiger partial charge is 0.352 e. The third kappa shape index (κ3) is 5.55. The Balaban J connectivity index is 0.992. The van der Waals surface area contributed by atoms with Gasteiger partial charge < -0.3 is 14.1 Å². The third-order valence-corrected chi connectivity index (χ3v) is 12.8. The molecule has 4 heterocycles. The van der Waals surface area contributed by atoms with E-state index in [0.717, 1.165) is 45.8 Å². The van der Waals surface area contributed by atoms with Crippen LogP contribution < -0.4 is 0 Å². The van der Waals surface area contributed by atoms with Crippen molar-refractivity contribution in [2.24, 2.45) is 0 Å². The molecule has 4 aromatic heterocycles. The molecule has 0 saturated carbocycles. The molecule has 0 spiro atoms. The van der Waals surface area contributed by atoms with Crippen LogP contribution in [0.2, 0.25) is 0 Å². The number of allylic oxidation sites excluding steroid dienone is 4. The van der Waals surface area contributed by atoms with Gasteiger partial charge in [0.2, 0.25) is 0 Å². The van der Waals surface area contributed by atoms with Crippen LogP contribution in [0.3, 0.4) is 0 Å². The standard InChI is InChI=1S/C57H38N6/c1-4-17-36(18-5-1)55-59-56(37-19-6-2-7-20-37)61-57(60-55)39-22-14-21-38(35-39)41-27-15-28-44-45-29-16-32-50(52(45)58-51(41)44)63-49-31-13-11-26-43(49)47-34-33-46-42-25-10-12-30-48(42)62(53(46)54(47)63)40-23-8-3-9-24-40/h1-34,39,58H,35H2. The summed E-state index contributed by atoms with van der Waals surface area (Å²) < 4.78 is 4.94. The van der Waals surface area contributed by atoms with Crippen LogP contribution in [0.15, 0.2) is 206 Å². The van der Waals surface area contributed by atoms with Crippen molar-refractivity contribution >= 4 is 71.0 Å². The molecule has 296 valence electrons. The lowest BCUT2D eigenvalue weighted by Crippen LogP contribution is -2.09. The molecular formula is C57H38N6. The molecule has 8 aromatic carbocycles. The number of aromatic amines is 1. The Bertz CT molecular complexity index is 3760. The summed E-state index contributed by atoms with van der Waals surface area (Å²) >= 11 is 0. The lowest BCUT2D eigenvalue weighted by atomic mass is 9.88. The monoisotopic (exact) mass is 806 g/mol. The number of hydrogen-bond acceptors (Lipinski definition) is 3. The predicted octanol–water partition coefficient (Wildman–Crippen LogP) is 14.2. The van der Waals surface area contributed by atoms with Gasteiger partial charge in [0.1, 0.15) is 5.82 Å². The van der Waals surface area contributed by atoms with Gasteiger partial charge in [-0.1, -0.05) is 176 Å². The van der Waals surface area contributed by atoms with E-state index < -0.39 is 0 Å². The molecule has 12 aromatic rings. The van der Waals surface area contributed by atoms with Crippen molar-refractivity contribution in [1.82, 2.24) is 29.1 Å². The molecule has 0 saturated heterocycles. The number of aromatic nitrogens is 6. The number of nitrogens with zero attached hydrogens (tertiary/aromatic N) is 5. The maximum Gasteiger partial charge on any atom is 0.163 e. The molecule has 1 aliphatic rings. The average molecular weight is 807 g/mol. The van der Waals surface area contributed by atoms with Crippen LogP contribution in [0.1, 0.15) is 23.7 Å². The minimum atomic E-state index is -0.0375. The van der Waals surface area contributed by atoms with E-state index in [1.165, 1.54) is 65.5 Å². The summed E-state index contributed by atoms with van der Waals surface area (Å²) in [6.07, 6.45) is 7.39. The molecule has 1 aliphatic carbocycles. The Kier molecular flexibility index (Phi) is 7.93. The highest BCUT2D eigenvalue weighted by Gasteiger charge is 2.25. The van der Waals surface area contributed by atoms with Crippen molar-refractivity contribution in [1.29, 1.82) is 0 Å². The van der Waals surface area contributed by atoms with Crippen molar-refractivity contribution in [3.8, 4) is 34.2 Å². The quantitative estimate of drug-likeness (QED) is 0.182. The van der Waals surface area contributed by atoms with Gasteiger partial charge in [0.05, 0.1) is 38.8 Å². The second-order valence-corrected chi connectivity index (χ2v) is 16.4. The number of fused-ring (bicyclic) bond motifs is 10. The van der Waals surface area contributed by atoms with Crippen molar-refractivity contribution in [3.05, 3.63) is 218 Å². The Morgan fingerprint density at radius 2 is 0.984 bits per heavy atom. The molecule has 6 heteroatoms. The second-order valence-electron chi connectivity index (χ2n) is 16.4. The summed E-state index contributed by atoms with van der Waals surface area (Å²) in [5.41, 5.74) is 13.6. The highest BCUT2D eigenvalue weighted by molar-refractivity contribution is 6.24. The maximum absolute atomic E-state index is 5.12. The first-order valence-corrected chi connectivity index (χ1v) is 21.6. The minimum Gasteiger partial charge on any atom is -0.352 e. The number of nitrogens with one attached hydrogen (secondary N) is 1. The SMILES string of the molecule is C1=CC(c2nc(-c3ccccc3)nc(-c3ccccc3)n2)CC(c2cccc3c2[nH]c2c(-n4c5ccccc5c5ccc6c7ccccc7n(-c7ccccc7)c6c54)cccc23)=C1. The van der Waals surface area contributed by atoms with Gasteiger partial charge in [-0.2, -0.15) is 0 Å². The molecule has 6 nitrogen and oxygen atoms in total. The highest BCUT2D eigenvalue weighted by atomic mass is 15.1. The topological polar surface area (TPSA) is 64.3 Å². The van der Waals surface area contributed by atoms with E-state index in [1.54, 1.807) is 0 Å². The van der Waals surface area contributed by atoms with Crippen LogP contribution in [-0.4, -0.2) is 29.1 Å². The van der Waals surface area contributed by atoms with E-state index in [4.69, 9.17) is 15.0 Å². The zero-order valence-corrected chi connectivity index (χ0v) is 34.2. The summed E-state index contributed by atoms with van der Waals surface area (Å²) in [7, 11) is 0. The lowest BCUT2D eigenvalue weighted by molar-refractivity contribution is 0.773. The Morgan fingerprint density at radius 1 is 0.444 bits per heavy atom. The van der Waals surface area contributed by atoms with Gasteiger partial charge in [-0.25, -0.2) is 15.0 Å². The zero-order chi connectivity index (χ0) is 41.4. The Hall–Kier alpha value is -8.35. The lowest BCUT2D eigenvalue weighted by Gasteiger charge is -2.19. The first-order chi connectivity index (χ1) is 31.3. The van der Waals surface area contributed by atoms with Crippen LogP contribution in [0, 0.1) is 0 Å². The number of benzene rings is 8. The van der Waals surface area contributed by atoms with Gasteiger partial charge in [0.15, 0.2) is 11.6 Å². The molecule has 1 N–H and O–H groups in total. The van der Waals surface area contributed by atoms with Gasteiger partial charge in [-0.3, -0.25) is 0 Å². The second kappa shape index (κ2) is 14.1. The molecular weight excluding hydrogens is 769 g/mol. The van der Waals surface area contributed by atoms with Gasteiger partial charge in [0, 0.05) is 60.6 Å². The van der Waals surface area contributed by atoms with E-state index in [1.807, 2.05) is 36.4 Å². The fourth-order valence-corrected chi connectivity index (χ4v) is 10.0. The van der Waals surface area contributed by atoms with Crippen molar-refractivity contribution < 1.29 is 0 Å². The van der Waals surface area contributed by atoms with E-state index >= 15 is 0 Å². The molecule has 13 rings (SSSR count). The number of hydrogen-bond donors (Lipinski definition) is 1. The summed E-state index contributed by atoms with van der Waals surface area (Å²) in [6, 6.07) is 66.8. The van der Waals surface area contributed by atoms with Crippen LogP contribution in [0.5, 0.6) is 0 Å². The molecule has 0 bridgehead atoms. The number of H-pyrrole nitrogens is 1. The van der Waals surface area contributed by atoms with Crippen LogP contribution in [0.25, 0.3) is 105 Å². The molecule has 0 amide bonds. The smallest absolute Gasteiger partial charge is 0.163 e. The van der Waals surface area contributed by atoms with Crippen molar-refractivity contribution in [3.63, 3.8) is 0 Å². The van der Waals surface area contributed by atoms with Gasteiger partial charge in [0.25, 0.3) is 0 Å². The molecule has 0 radical (unpaired) electrons. The summed E-state index contributed by atoms with van der Waals surface area (Å²) in [6.45, 7) is 0. The first-order valence-electron chi connectivity index (χ1n) is 21.6. The van der Waals surface area contributed by atoms with Crippen molar-refractivity contribution in [2.75, 3.05) is 0 Å². The first kappa shape index (κ1) is 35.4. The molecule has 1 atom stereocenters. The van der Waals surface area contributed by atoms with Gasteiger partial charge in [-0.05, 0) is 42.3 Å². The highest BCUT2D eigenvalue weighted by Crippen LogP contribution is 2.44. The summed E-state index contributed by atoms with van der Waals surface area (Å²) in [5.74, 6) is 2.09. The van der Waals surface area contributed by atoms with Crippen LogP contribution in [0.4, 0.5) is 0 Å². The minimum absolute atomic E-state index is 0.0375. The molecule has 0 fully saturated rings. The van der Waals surface area contributed by atoms with E-state index in [-0.39, 0.29) is 5.92 Å². The average Bonchev–Trinajstić information content (AvgIpc) is 4.03. The Morgan fingerprint density at radius 3 is 1.65 bits per heavy atom. The van der Waals surface area contributed by atoms with Crippen LogP contribution in [-0.2, 0) is 0 Å². The predicted molar refractivity (Wildman–Crippen MR) is 260 cm³/mol. The molecule has 0 aliphatic heterocycles. The van der Waals surface area contributed by atoms with Crippen molar-refractivity contribution in [2.45, 2.75) is 12.3 Å². The summed E-state index contributed by atoms with van der Waals surface area (Å²) in [5, 5.41) is 7.30. The fraction of sp³-hybridized carbons (Fsp3) is 0.0351. The van der Waals surface area contributed by atoms with E-state index in [9.17, 15) is 0 Å². The Labute approximate surface area is 362 Å². The molecule has 63 heavy (non-hydrogen) atoms.